The minimum absolute atomic E-state index is 0.0512. The summed E-state index contributed by atoms with van der Waals surface area (Å²) in [6.45, 7) is 1.83. The minimum atomic E-state index is -5.64. The average Bonchev–Trinajstić information content (AvgIpc) is 2.59. The Morgan fingerprint density at radius 3 is 2.00 bits per heavy atom. The van der Waals surface area contributed by atoms with Crippen molar-refractivity contribution in [3.05, 3.63) is 69.5 Å². The van der Waals surface area contributed by atoms with Crippen LogP contribution in [0.15, 0.2) is 35.1 Å². The molecule has 0 saturated heterocycles. The summed E-state index contributed by atoms with van der Waals surface area (Å²) < 4.78 is 96.1. The molecule has 2 aromatic carbocycles. The van der Waals surface area contributed by atoms with Gasteiger partial charge in [0.15, 0.2) is 23.3 Å². The van der Waals surface area contributed by atoms with Crippen LogP contribution in [0, 0.1) is 23.3 Å². The molecule has 27 heavy (non-hydrogen) atoms. The predicted octanol–water partition coefficient (Wildman–Crippen LogP) is 5.26. The summed E-state index contributed by atoms with van der Waals surface area (Å²) in [5.41, 5.74) is -5.09. The maximum atomic E-state index is 14.4. The first-order valence-corrected chi connectivity index (χ1v) is 7.65. The lowest BCUT2D eigenvalue weighted by Crippen LogP contribution is -2.20. The Bertz CT molecular complexity index is 1090. The molecule has 142 valence electrons. The summed E-state index contributed by atoms with van der Waals surface area (Å²) in [5.74, 6) is -9.58. The first-order valence-electron chi connectivity index (χ1n) is 7.65. The smallest absolute Gasteiger partial charge is 0.309 e. The zero-order chi connectivity index (χ0) is 20.1. The van der Waals surface area contributed by atoms with Gasteiger partial charge in [-0.2, -0.15) is 13.2 Å². The largest absolute Gasteiger partial charge is 0.422 e. The molecule has 9 heteroatoms. The molecule has 2 nitrogen and oxygen atoms in total. The fraction of sp³-hybridized carbons (Fsp3) is 0.167. The highest BCUT2D eigenvalue weighted by Gasteiger charge is 2.42. The molecular formula is C18H10F7NO. The van der Waals surface area contributed by atoms with E-state index in [1.807, 2.05) is 0 Å². The summed E-state index contributed by atoms with van der Waals surface area (Å²) in [4.78, 5) is 12.2. The number of para-hydroxylation sites is 1. The van der Waals surface area contributed by atoms with Gasteiger partial charge in [-0.05, 0) is 13.0 Å². The maximum Gasteiger partial charge on any atom is 0.422 e. The van der Waals surface area contributed by atoms with Gasteiger partial charge in [-0.3, -0.25) is 4.79 Å². The Kier molecular flexibility index (Phi) is 4.49. The summed E-state index contributed by atoms with van der Waals surface area (Å²) in [6.07, 6.45) is -5.64. The third-order valence-electron chi connectivity index (χ3n) is 4.15. The molecule has 3 rings (SSSR count). The molecule has 0 N–H and O–H groups in total. The van der Waals surface area contributed by atoms with Gasteiger partial charge in [-0.25, -0.2) is 17.6 Å². The van der Waals surface area contributed by atoms with Crippen LogP contribution in [-0.2, 0) is 12.7 Å². The minimum Gasteiger partial charge on any atom is -0.309 e. The third-order valence-corrected chi connectivity index (χ3v) is 4.15. The molecule has 0 aliphatic carbocycles. The van der Waals surface area contributed by atoms with Crippen molar-refractivity contribution < 1.29 is 30.7 Å². The molecule has 0 saturated carbocycles. The van der Waals surface area contributed by atoms with Gasteiger partial charge in [0, 0.05) is 23.6 Å². The summed E-state index contributed by atoms with van der Waals surface area (Å²) in [6, 6.07) is 6.49. The molecule has 3 aromatic rings. The molecule has 0 radical (unpaired) electrons. The van der Waals surface area contributed by atoms with E-state index in [9.17, 15) is 35.5 Å². The quantitative estimate of drug-likeness (QED) is 0.433. The zero-order valence-electron chi connectivity index (χ0n) is 13.6. The number of rotatable bonds is 2. The molecule has 0 aliphatic rings. The van der Waals surface area contributed by atoms with Crippen LogP contribution >= 0.6 is 0 Å². The SMILES string of the molecule is CCn1c(=O)cc(-c2c(F)c(F)c(C(F)(F)F)c(F)c2F)c2ccccc21. The van der Waals surface area contributed by atoms with Crippen LogP contribution in [0.5, 0.6) is 0 Å². The van der Waals surface area contributed by atoms with Crippen molar-refractivity contribution in [1.29, 1.82) is 0 Å². The maximum absolute atomic E-state index is 14.4. The number of alkyl halides is 3. The lowest BCUT2D eigenvalue weighted by molar-refractivity contribution is -0.143. The average molecular weight is 389 g/mol. The van der Waals surface area contributed by atoms with Crippen LogP contribution in [0.2, 0.25) is 0 Å². The van der Waals surface area contributed by atoms with Crippen LogP contribution in [0.25, 0.3) is 22.0 Å². The van der Waals surface area contributed by atoms with Gasteiger partial charge < -0.3 is 4.57 Å². The lowest BCUT2D eigenvalue weighted by atomic mass is 9.97. The molecule has 0 spiro atoms. The molecule has 0 aliphatic heterocycles. The predicted molar refractivity (Wildman–Crippen MR) is 84.2 cm³/mol. The number of aryl methyl sites for hydroxylation is 1. The van der Waals surface area contributed by atoms with Crippen molar-refractivity contribution in [2.45, 2.75) is 19.6 Å². The molecule has 1 heterocycles. The summed E-state index contributed by atoms with van der Waals surface area (Å²) >= 11 is 0. The molecule has 0 fully saturated rings. The van der Waals surface area contributed by atoms with Crippen molar-refractivity contribution in [2.24, 2.45) is 0 Å². The number of pyridine rings is 1. The van der Waals surface area contributed by atoms with Crippen LogP contribution in [0.4, 0.5) is 30.7 Å². The molecule has 0 atom stereocenters. The van der Waals surface area contributed by atoms with E-state index in [-0.39, 0.29) is 17.4 Å². The van der Waals surface area contributed by atoms with Gasteiger partial charge in [0.05, 0.1) is 11.1 Å². The third kappa shape index (κ3) is 2.87. The number of aromatic nitrogens is 1. The first-order chi connectivity index (χ1) is 12.6. The summed E-state index contributed by atoms with van der Waals surface area (Å²) in [7, 11) is 0. The molecule has 0 bridgehead atoms. The van der Waals surface area contributed by atoms with Gasteiger partial charge in [0.2, 0.25) is 0 Å². The lowest BCUT2D eigenvalue weighted by Gasteiger charge is -2.16. The normalized spacial score (nSPS) is 12.0. The van der Waals surface area contributed by atoms with E-state index in [0.717, 1.165) is 6.07 Å². The van der Waals surface area contributed by atoms with Crippen molar-refractivity contribution >= 4 is 10.9 Å². The van der Waals surface area contributed by atoms with Crippen molar-refractivity contribution in [1.82, 2.24) is 4.57 Å². The van der Waals surface area contributed by atoms with Crippen LogP contribution in [0.3, 0.4) is 0 Å². The number of fused-ring (bicyclic) bond motifs is 1. The fourth-order valence-corrected chi connectivity index (χ4v) is 2.98. The molecule has 1 aromatic heterocycles. The standard InChI is InChI=1S/C18H10F7NO/c1-2-26-10-6-4-3-5-8(10)9(7-11(26)27)12-14(19)16(21)13(18(23,24)25)17(22)15(12)20/h3-7H,2H2,1H3. The van der Waals surface area contributed by atoms with Gasteiger partial charge in [0.1, 0.15) is 5.56 Å². The van der Waals surface area contributed by atoms with Crippen LogP contribution < -0.4 is 5.56 Å². The molecule has 0 unspecified atom stereocenters. The van der Waals surface area contributed by atoms with Crippen molar-refractivity contribution in [3.8, 4) is 11.1 Å². The first kappa shape index (κ1) is 18.9. The van der Waals surface area contributed by atoms with E-state index in [1.165, 1.54) is 28.8 Å². The van der Waals surface area contributed by atoms with E-state index in [2.05, 4.69) is 0 Å². The second-order valence-electron chi connectivity index (χ2n) is 5.66. The monoisotopic (exact) mass is 389 g/mol. The fourth-order valence-electron chi connectivity index (χ4n) is 2.98. The summed E-state index contributed by atoms with van der Waals surface area (Å²) in [5, 5.41) is 0.0512. The zero-order valence-corrected chi connectivity index (χ0v) is 13.6. The van der Waals surface area contributed by atoms with E-state index >= 15 is 0 Å². The molecule has 0 amide bonds. The Balaban J connectivity index is 2.49. The van der Waals surface area contributed by atoms with E-state index < -0.39 is 51.7 Å². The number of nitrogens with zero attached hydrogens (tertiary/aromatic N) is 1. The van der Waals surface area contributed by atoms with E-state index in [1.54, 1.807) is 6.92 Å². The second kappa shape index (κ2) is 6.40. The van der Waals surface area contributed by atoms with E-state index in [4.69, 9.17) is 0 Å². The van der Waals surface area contributed by atoms with Gasteiger partial charge in [0.25, 0.3) is 5.56 Å². The highest BCUT2D eigenvalue weighted by Crippen LogP contribution is 2.41. The van der Waals surface area contributed by atoms with Gasteiger partial charge >= 0.3 is 6.18 Å². The Hall–Kier alpha value is -2.84. The Morgan fingerprint density at radius 1 is 0.926 bits per heavy atom. The highest BCUT2D eigenvalue weighted by molar-refractivity contribution is 5.95. The topological polar surface area (TPSA) is 22.0 Å². The Labute approximate surface area is 147 Å². The van der Waals surface area contributed by atoms with Gasteiger partial charge in [-0.15, -0.1) is 0 Å². The molecular weight excluding hydrogens is 379 g/mol. The number of benzene rings is 2. The Morgan fingerprint density at radius 2 is 1.48 bits per heavy atom. The number of halogens is 7. The van der Waals surface area contributed by atoms with Crippen molar-refractivity contribution in [3.63, 3.8) is 0 Å². The van der Waals surface area contributed by atoms with Gasteiger partial charge in [-0.1, -0.05) is 18.2 Å². The number of hydrogen-bond donors (Lipinski definition) is 0. The highest BCUT2D eigenvalue weighted by atomic mass is 19.4. The van der Waals surface area contributed by atoms with Crippen LogP contribution in [-0.4, -0.2) is 4.57 Å². The van der Waals surface area contributed by atoms with Crippen molar-refractivity contribution in [2.75, 3.05) is 0 Å². The van der Waals surface area contributed by atoms with Crippen LogP contribution in [0.1, 0.15) is 12.5 Å². The van der Waals surface area contributed by atoms with E-state index in [0.29, 0.717) is 0 Å². The number of hydrogen-bond acceptors (Lipinski definition) is 1. The second-order valence-corrected chi connectivity index (χ2v) is 5.66.